The molecule has 1 aromatic carbocycles. The standard InChI is InChI=1S/C22H28N4O3/c1-15-7-9-17(10-8-15)26-14-18-19(27)16(13-24(5)6)11-12-25(20(18)23-26)21(28)29-22(2,3)4/h7-10,13-14H,11-12H2,1-6H3. The van der Waals surface area contributed by atoms with Crippen LogP contribution in [0.15, 0.2) is 42.2 Å². The minimum Gasteiger partial charge on any atom is -0.443 e. The van der Waals surface area contributed by atoms with Gasteiger partial charge >= 0.3 is 6.09 Å². The predicted octanol–water partition coefficient (Wildman–Crippen LogP) is 3.95. The van der Waals surface area contributed by atoms with Gasteiger partial charge in [-0.25, -0.2) is 9.48 Å². The average molecular weight is 396 g/mol. The van der Waals surface area contributed by atoms with Gasteiger partial charge in [0, 0.05) is 38.6 Å². The van der Waals surface area contributed by atoms with Gasteiger partial charge in [-0.05, 0) is 46.2 Å². The van der Waals surface area contributed by atoms with E-state index < -0.39 is 11.7 Å². The monoisotopic (exact) mass is 396 g/mol. The van der Waals surface area contributed by atoms with Crippen molar-refractivity contribution >= 4 is 17.7 Å². The smallest absolute Gasteiger partial charge is 0.416 e. The minimum absolute atomic E-state index is 0.127. The van der Waals surface area contributed by atoms with Crippen molar-refractivity contribution in [2.24, 2.45) is 0 Å². The van der Waals surface area contributed by atoms with Crippen molar-refractivity contribution in [3.8, 4) is 5.69 Å². The molecule has 0 saturated carbocycles. The van der Waals surface area contributed by atoms with E-state index in [2.05, 4.69) is 5.10 Å². The molecule has 29 heavy (non-hydrogen) atoms. The summed E-state index contributed by atoms with van der Waals surface area (Å²) >= 11 is 0. The fraction of sp³-hybridized carbons (Fsp3) is 0.409. The molecule has 0 spiro atoms. The summed E-state index contributed by atoms with van der Waals surface area (Å²) in [7, 11) is 3.74. The zero-order chi connectivity index (χ0) is 21.3. The van der Waals surface area contributed by atoms with Crippen LogP contribution in [0.1, 0.15) is 43.1 Å². The Kier molecular flexibility index (Phi) is 5.50. The second-order valence-corrected chi connectivity index (χ2v) is 8.48. The Bertz CT molecular complexity index is 949. The van der Waals surface area contributed by atoms with Gasteiger partial charge in [0.1, 0.15) is 5.60 Å². The van der Waals surface area contributed by atoms with Crippen molar-refractivity contribution in [2.45, 2.75) is 39.7 Å². The van der Waals surface area contributed by atoms with Crippen molar-refractivity contribution in [2.75, 3.05) is 25.5 Å². The molecule has 7 nitrogen and oxygen atoms in total. The van der Waals surface area contributed by atoms with Gasteiger partial charge in [0.15, 0.2) is 11.6 Å². The first-order chi connectivity index (χ1) is 13.5. The fourth-order valence-electron chi connectivity index (χ4n) is 3.11. The number of carbonyl (C=O) groups excluding carboxylic acids is 2. The van der Waals surface area contributed by atoms with Gasteiger partial charge in [0.05, 0.1) is 11.3 Å². The van der Waals surface area contributed by atoms with E-state index in [-0.39, 0.29) is 5.78 Å². The molecule has 0 atom stereocenters. The molecular weight excluding hydrogens is 368 g/mol. The number of carbonyl (C=O) groups is 2. The number of hydrogen-bond acceptors (Lipinski definition) is 5. The van der Waals surface area contributed by atoms with Crippen LogP contribution in [0.5, 0.6) is 0 Å². The zero-order valence-corrected chi connectivity index (χ0v) is 17.9. The number of rotatable bonds is 2. The number of nitrogens with zero attached hydrogens (tertiary/aromatic N) is 4. The second-order valence-electron chi connectivity index (χ2n) is 8.48. The van der Waals surface area contributed by atoms with Crippen molar-refractivity contribution in [1.29, 1.82) is 0 Å². The maximum Gasteiger partial charge on any atom is 0.416 e. The van der Waals surface area contributed by atoms with Gasteiger partial charge in [-0.2, -0.15) is 0 Å². The highest BCUT2D eigenvalue weighted by Gasteiger charge is 2.34. The lowest BCUT2D eigenvalue weighted by Crippen LogP contribution is -2.37. The van der Waals surface area contributed by atoms with Crippen LogP contribution in [-0.2, 0) is 4.74 Å². The average Bonchev–Trinajstić information content (AvgIpc) is 2.99. The van der Waals surface area contributed by atoms with E-state index in [1.807, 2.05) is 71.0 Å². The minimum atomic E-state index is -0.643. The zero-order valence-electron chi connectivity index (χ0n) is 17.9. The van der Waals surface area contributed by atoms with Gasteiger partial charge < -0.3 is 9.64 Å². The van der Waals surface area contributed by atoms with Crippen molar-refractivity contribution in [3.05, 3.63) is 53.4 Å². The lowest BCUT2D eigenvalue weighted by molar-refractivity contribution is 0.0579. The van der Waals surface area contributed by atoms with Crippen LogP contribution in [0.25, 0.3) is 5.69 Å². The van der Waals surface area contributed by atoms with E-state index in [1.54, 1.807) is 17.1 Å². The Morgan fingerprint density at radius 2 is 1.86 bits per heavy atom. The summed E-state index contributed by atoms with van der Waals surface area (Å²) < 4.78 is 7.21. The third-order valence-electron chi connectivity index (χ3n) is 4.42. The number of benzene rings is 1. The first kappa shape index (κ1) is 20.6. The lowest BCUT2D eigenvalue weighted by atomic mass is 10.1. The molecule has 1 aliphatic rings. The Labute approximate surface area is 171 Å². The molecule has 154 valence electrons. The van der Waals surface area contributed by atoms with E-state index >= 15 is 0 Å². The maximum absolute atomic E-state index is 13.2. The molecule has 2 heterocycles. The van der Waals surface area contributed by atoms with Gasteiger partial charge in [-0.1, -0.05) is 17.7 Å². The molecule has 1 aliphatic heterocycles. The summed E-state index contributed by atoms with van der Waals surface area (Å²) in [6.07, 6.45) is 3.41. The van der Waals surface area contributed by atoms with Gasteiger partial charge in [0.2, 0.25) is 0 Å². The summed E-state index contributed by atoms with van der Waals surface area (Å²) in [6, 6.07) is 7.82. The Morgan fingerprint density at radius 3 is 2.45 bits per heavy atom. The van der Waals surface area contributed by atoms with Crippen molar-refractivity contribution in [1.82, 2.24) is 14.7 Å². The third-order valence-corrected chi connectivity index (χ3v) is 4.42. The molecule has 3 rings (SSSR count). The number of aryl methyl sites for hydroxylation is 1. The van der Waals surface area contributed by atoms with Gasteiger partial charge in [-0.3, -0.25) is 9.69 Å². The molecule has 1 aromatic heterocycles. The number of ketones is 1. The molecule has 0 unspecified atom stereocenters. The molecule has 0 aliphatic carbocycles. The quantitative estimate of drug-likeness (QED) is 0.719. The Hall–Kier alpha value is -3.09. The van der Waals surface area contributed by atoms with Crippen LogP contribution in [0.2, 0.25) is 0 Å². The van der Waals surface area contributed by atoms with Crippen LogP contribution < -0.4 is 4.90 Å². The van der Waals surface area contributed by atoms with Crippen molar-refractivity contribution in [3.63, 3.8) is 0 Å². The largest absolute Gasteiger partial charge is 0.443 e. The predicted molar refractivity (Wildman–Crippen MR) is 113 cm³/mol. The second kappa shape index (κ2) is 7.73. The van der Waals surface area contributed by atoms with Gasteiger partial charge in [0.25, 0.3) is 0 Å². The van der Waals surface area contributed by atoms with Gasteiger partial charge in [-0.15, -0.1) is 5.10 Å². The van der Waals surface area contributed by atoms with Crippen LogP contribution in [0.4, 0.5) is 10.6 Å². The highest BCUT2D eigenvalue weighted by atomic mass is 16.6. The summed E-state index contributed by atoms with van der Waals surface area (Å²) in [4.78, 5) is 29.4. The number of ether oxygens (including phenoxy) is 1. The first-order valence-corrected chi connectivity index (χ1v) is 9.64. The normalized spacial score (nSPS) is 15.9. The summed E-state index contributed by atoms with van der Waals surface area (Å²) in [6.45, 7) is 7.78. The molecule has 0 fully saturated rings. The number of hydrogen-bond donors (Lipinski definition) is 0. The molecule has 0 radical (unpaired) electrons. The summed E-state index contributed by atoms with van der Waals surface area (Å²) in [5, 5.41) is 4.59. The first-order valence-electron chi connectivity index (χ1n) is 9.64. The SMILES string of the molecule is Cc1ccc(-n2cc3c(n2)N(C(=O)OC(C)(C)C)CCC(=CN(C)C)C3=O)cc1. The molecule has 0 N–H and O–H groups in total. The fourth-order valence-corrected chi connectivity index (χ4v) is 3.11. The Morgan fingerprint density at radius 1 is 1.21 bits per heavy atom. The molecule has 7 heteroatoms. The Balaban J connectivity index is 2.09. The topological polar surface area (TPSA) is 67.7 Å². The summed E-state index contributed by atoms with van der Waals surface area (Å²) in [5.74, 6) is 0.199. The number of fused-ring (bicyclic) bond motifs is 1. The molecule has 2 aromatic rings. The van der Waals surface area contributed by atoms with Crippen LogP contribution >= 0.6 is 0 Å². The lowest BCUT2D eigenvalue weighted by Gasteiger charge is -2.25. The van der Waals surface area contributed by atoms with Crippen LogP contribution in [0.3, 0.4) is 0 Å². The van der Waals surface area contributed by atoms with Crippen molar-refractivity contribution < 1.29 is 14.3 Å². The molecule has 1 amide bonds. The van der Waals surface area contributed by atoms with E-state index in [0.717, 1.165) is 11.3 Å². The molecule has 0 bridgehead atoms. The number of Topliss-reactive ketones (excluding diaryl/α,β-unsaturated/α-hetero) is 1. The highest BCUT2D eigenvalue weighted by molar-refractivity contribution is 6.14. The number of aromatic nitrogens is 2. The van der Waals surface area contributed by atoms with E-state index in [9.17, 15) is 9.59 Å². The third kappa shape index (κ3) is 4.67. The van der Waals surface area contributed by atoms with Crippen LogP contribution in [0, 0.1) is 6.92 Å². The summed E-state index contributed by atoms with van der Waals surface area (Å²) in [5.41, 5.74) is 2.33. The number of amides is 1. The number of anilines is 1. The van der Waals surface area contributed by atoms with E-state index in [1.165, 1.54) is 4.90 Å². The van der Waals surface area contributed by atoms with Crippen LogP contribution in [-0.4, -0.2) is 52.8 Å². The van der Waals surface area contributed by atoms with E-state index in [4.69, 9.17) is 4.74 Å². The molecular formula is C22H28N4O3. The molecule has 0 saturated heterocycles. The maximum atomic E-state index is 13.2. The van der Waals surface area contributed by atoms with E-state index in [0.29, 0.717) is 29.9 Å². The highest BCUT2D eigenvalue weighted by Crippen LogP contribution is 2.30.